The number of hydrogen-bond acceptors (Lipinski definition) is 2. The normalized spacial score (nSPS) is 14.5. The van der Waals surface area contributed by atoms with E-state index in [1.807, 2.05) is 36.4 Å². The van der Waals surface area contributed by atoms with E-state index in [9.17, 15) is 0 Å². The second-order valence-corrected chi connectivity index (χ2v) is 17.0. The highest BCUT2D eigenvalue weighted by Crippen LogP contribution is 2.64. The van der Waals surface area contributed by atoms with Crippen LogP contribution >= 0.6 is 0 Å². The largest absolute Gasteiger partial charge is 0.340 e. The fourth-order valence-electron chi connectivity index (χ4n) is 12.3. The molecule has 288 valence electrons. The maximum Gasteiger partial charge on any atom is 0.340 e. The minimum absolute atomic E-state index is 0.342. The first kappa shape index (κ1) is 33.7. The molecule has 0 amide bonds. The maximum absolute atomic E-state index is 15.7. The number of nitrogens with zero attached hydrogens (tertiary/aromatic N) is 2. The Kier molecular flexibility index (Phi) is 6.42. The van der Waals surface area contributed by atoms with Crippen molar-refractivity contribution >= 4 is 10.9 Å². The average Bonchev–Trinajstić information content (AvgIpc) is 4.01. The van der Waals surface area contributed by atoms with Gasteiger partial charge in [-0.05, 0) is 114 Å². The molecular formula is C58H34N2O2. The van der Waals surface area contributed by atoms with Crippen LogP contribution in [0.25, 0.3) is 66.8 Å². The molecule has 0 bridgehead atoms. The smallest absolute Gasteiger partial charge is 0.268 e. The Bertz CT molecular complexity index is 3680. The van der Waals surface area contributed by atoms with Crippen LogP contribution in [0.5, 0.6) is 0 Å². The van der Waals surface area contributed by atoms with Gasteiger partial charge in [0.1, 0.15) is 0 Å². The van der Waals surface area contributed by atoms with Gasteiger partial charge in [0, 0.05) is 5.56 Å². The fourth-order valence-corrected chi connectivity index (χ4v) is 12.3. The fraction of sp³-hybridized carbons (Fsp3) is 0.0345. The zero-order chi connectivity index (χ0) is 40.9. The summed E-state index contributed by atoms with van der Waals surface area (Å²) in [4.78, 5) is 30.7. The van der Waals surface area contributed by atoms with Crippen molar-refractivity contribution in [3.63, 3.8) is 0 Å². The third-order valence-corrected chi connectivity index (χ3v) is 14.4. The van der Waals surface area contributed by atoms with Gasteiger partial charge in [-0.2, -0.15) is 0 Å². The van der Waals surface area contributed by atoms with Crippen molar-refractivity contribution in [1.29, 1.82) is 0 Å². The van der Waals surface area contributed by atoms with Crippen LogP contribution in [0.2, 0.25) is 0 Å². The monoisotopic (exact) mass is 790 g/mol. The number of benzene rings is 9. The molecule has 0 fully saturated rings. The lowest BCUT2D eigenvalue weighted by atomic mass is 9.70. The van der Waals surface area contributed by atoms with Gasteiger partial charge in [-0.3, -0.25) is 9.36 Å². The lowest BCUT2D eigenvalue weighted by Gasteiger charge is -2.30. The minimum Gasteiger partial charge on any atom is -0.268 e. The molecule has 10 aromatic rings. The van der Waals surface area contributed by atoms with Crippen molar-refractivity contribution < 1.29 is 0 Å². The molecule has 0 unspecified atom stereocenters. The van der Waals surface area contributed by atoms with E-state index in [1.54, 1.807) is 4.57 Å². The second-order valence-electron chi connectivity index (χ2n) is 17.0. The summed E-state index contributed by atoms with van der Waals surface area (Å²) in [5.74, 6) is 0. The van der Waals surface area contributed by atoms with E-state index < -0.39 is 16.5 Å². The summed E-state index contributed by atoms with van der Waals surface area (Å²) in [5, 5.41) is 0.471. The summed E-state index contributed by atoms with van der Waals surface area (Å²) in [6, 6.07) is 72.2. The number of para-hydroxylation sites is 1. The van der Waals surface area contributed by atoms with Crippen molar-refractivity contribution in [2.45, 2.75) is 10.8 Å². The van der Waals surface area contributed by atoms with E-state index in [2.05, 4.69) is 170 Å². The van der Waals surface area contributed by atoms with Crippen LogP contribution in [-0.4, -0.2) is 9.13 Å². The zero-order valence-corrected chi connectivity index (χ0v) is 33.3. The molecular weight excluding hydrogens is 757 g/mol. The van der Waals surface area contributed by atoms with Crippen molar-refractivity contribution in [2.24, 2.45) is 0 Å². The molecule has 4 aliphatic rings. The number of hydrogen-bond donors (Lipinski definition) is 0. The standard InChI is InChI=1S/C58H34N2O2/c61-55-42-22-7-14-30-52(42)59(35-32-33-50-43(34-35)40-20-5-12-27-48(40)57(50)44-23-8-1-16-36(44)37-17-2-9-24-45(37)57)56(62)60(55)53-31-15-29-51-54(53)41-21-6-13-28-49(41)58(51)46-25-10-3-18-38(46)39-19-4-11-26-47(39)58/h1-34H. The van der Waals surface area contributed by atoms with E-state index >= 15 is 9.59 Å². The van der Waals surface area contributed by atoms with Gasteiger partial charge in [0.25, 0.3) is 5.56 Å². The van der Waals surface area contributed by atoms with Gasteiger partial charge in [-0.1, -0.05) is 176 Å². The Morgan fingerprint density at radius 1 is 0.323 bits per heavy atom. The summed E-state index contributed by atoms with van der Waals surface area (Å²) in [5.41, 5.74) is 18.6. The highest BCUT2D eigenvalue weighted by atomic mass is 16.2. The van der Waals surface area contributed by atoms with E-state index in [4.69, 9.17) is 0 Å². The Morgan fingerprint density at radius 2 is 0.726 bits per heavy atom. The summed E-state index contributed by atoms with van der Waals surface area (Å²) in [6.07, 6.45) is 0. The SMILES string of the molecule is O=c1c2ccccc2n(-c2ccc3c(c2)-c2ccccc2C32c3ccccc3-c3ccccc32)c(=O)n1-c1cccc2c1-c1ccccc1C21c2ccccc2-c2ccccc21. The second kappa shape index (κ2) is 11.8. The Labute approximate surface area is 356 Å². The first-order chi connectivity index (χ1) is 30.6. The first-order valence-electron chi connectivity index (χ1n) is 21.3. The molecule has 14 rings (SSSR count). The highest BCUT2D eigenvalue weighted by molar-refractivity contribution is 5.98. The lowest BCUT2D eigenvalue weighted by Crippen LogP contribution is -2.38. The molecule has 9 aromatic carbocycles. The van der Waals surface area contributed by atoms with Crippen LogP contribution in [0, 0.1) is 0 Å². The molecule has 0 saturated carbocycles. The molecule has 4 aliphatic carbocycles. The molecule has 0 aliphatic heterocycles. The Balaban J connectivity index is 1.05. The highest BCUT2D eigenvalue weighted by Gasteiger charge is 2.53. The molecule has 0 saturated heterocycles. The minimum atomic E-state index is -0.616. The zero-order valence-electron chi connectivity index (χ0n) is 33.3. The molecule has 0 radical (unpaired) electrons. The number of fused-ring (bicyclic) bond motifs is 21. The van der Waals surface area contributed by atoms with Gasteiger partial charge in [-0.15, -0.1) is 0 Å². The number of aromatic nitrogens is 2. The molecule has 62 heavy (non-hydrogen) atoms. The summed E-state index contributed by atoms with van der Waals surface area (Å²) in [7, 11) is 0. The van der Waals surface area contributed by atoms with Gasteiger partial charge in [0.05, 0.1) is 33.1 Å². The van der Waals surface area contributed by atoms with Crippen molar-refractivity contribution in [3.05, 3.63) is 272 Å². The summed E-state index contributed by atoms with van der Waals surface area (Å²) < 4.78 is 3.17. The van der Waals surface area contributed by atoms with Gasteiger partial charge < -0.3 is 0 Å². The molecule has 4 heteroatoms. The van der Waals surface area contributed by atoms with Crippen LogP contribution in [0.4, 0.5) is 0 Å². The molecule has 1 heterocycles. The lowest BCUT2D eigenvalue weighted by molar-refractivity contribution is 0.788. The predicted octanol–water partition coefficient (Wildman–Crippen LogP) is 11.8. The quantitative estimate of drug-likeness (QED) is 0.175. The summed E-state index contributed by atoms with van der Waals surface area (Å²) >= 11 is 0. The van der Waals surface area contributed by atoms with Crippen LogP contribution < -0.4 is 11.2 Å². The van der Waals surface area contributed by atoms with Crippen molar-refractivity contribution in [3.8, 4) is 55.9 Å². The van der Waals surface area contributed by atoms with Crippen molar-refractivity contribution in [1.82, 2.24) is 9.13 Å². The van der Waals surface area contributed by atoms with Gasteiger partial charge in [0.15, 0.2) is 0 Å². The third kappa shape index (κ3) is 3.81. The van der Waals surface area contributed by atoms with Gasteiger partial charge in [-0.25, -0.2) is 9.36 Å². The molecule has 0 atom stereocenters. The van der Waals surface area contributed by atoms with Crippen LogP contribution in [0.15, 0.2) is 216 Å². The van der Waals surface area contributed by atoms with E-state index in [-0.39, 0.29) is 5.56 Å². The average molecular weight is 791 g/mol. The molecule has 4 nitrogen and oxygen atoms in total. The number of rotatable bonds is 2. The molecule has 2 spiro atoms. The Hall–Kier alpha value is -8.08. The molecule has 1 aromatic heterocycles. The van der Waals surface area contributed by atoms with Crippen LogP contribution in [0.1, 0.15) is 44.5 Å². The summed E-state index contributed by atoms with van der Waals surface area (Å²) in [6.45, 7) is 0. The van der Waals surface area contributed by atoms with E-state index in [0.717, 1.165) is 33.4 Å². The molecule has 0 N–H and O–H groups in total. The van der Waals surface area contributed by atoms with Crippen LogP contribution in [0.3, 0.4) is 0 Å². The first-order valence-corrected chi connectivity index (χ1v) is 21.3. The van der Waals surface area contributed by atoms with Gasteiger partial charge >= 0.3 is 5.69 Å². The predicted molar refractivity (Wildman–Crippen MR) is 248 cm³/mol. The van der Waals surface area contributed by atoms with Gasteiger partial charge in [0.2, 0.25) is 0 Å². The maximum atomic E-state index is 15.7. The Morgan fingerprint density at radius 3 is 1.27 bits per heavy atom. The topological polar surface area (TPSA) is 44.0 Å². The van der Waals surface area contributed by atoms with E-state index in [0.29, 0.717) is 22.3 Å². The van der Waals surface area contributed by atoms with E-state index in [1.165, 1.54) is 60.2 Å². The third-order valence-electron chi connectivity index (χ3n) is 14.4. The van der Waals surface area contributed by atoms with Crippen molar-refractivity contribution in [2.75, 3.05) is 0 Å². The van der Waals surface area contributed by atoms with Crippen LogP contribution in [-0.2, 0) is 10.8 Å².